The SMILES string of the molecule is O=C(NCc1ccc(F)cc1)C1CCN(c2ccc(N3CCOCC3)nn2)CC1. The second kappa shape index (κ2) is 9.17. The molecule has 29 heavy (non-hydrogen) atoms. The van der Waals surface area contributed by atoms with Gasteiger partial charge in [-0.05, 0) is 42.7 Å². The van der Waals surface area contributed by atoms with Crippen LogP contribution in [-0.2, 0) is 16.1 Å². The Hall–Kier alpha value is -2.74. The predicted octanol–water partition coefficient (Wildman–Crippen LogP) is 1.99. The molecule has 0 saturated carbocycles. The number of anilines is 2. The van der Waals surface area contributed by atoms with Crippen molar-refractivity contribution >= 4 is 17.5 Å². The predicted molar refractivity (Wildman–Crippen MR) is 108 cm³/mol. The van der Waals surface area contributed by atoms with Crippen molar-refractivity contribution in [3.63, 3.8) is 0 Å². The number of carbonyl (C=O) groups excluding carboxylic acids is 1. The number of amides is 1. The molecule has 0 aliphatic carbocycles. The minimum Gasteiger partial charge on any atom is -0.378 e. The Morgan fingerprint density at radius 2 is 1.55 bits per heavy atom. The molecular formula is C21H26FN5O2. The number of ether oxygens (including phenoxy) is 1. The molecule has 8 heteroatoms. The highest BCUT2D eigenvalue weighted by Crippen LogP contribution is 2.23. The van der Waals surface area contributed by atoms with E-state index in [1.54, 1.807) is 12.1 Å². The molecule has 4 rings (SSSR count). The topological polar surface area (TPSA) is 70.6 Å². The van der Waals surface area contributed by atoms with Gasteiger partial charge in [0.1, 0.15) is 5.82 Å². The van der Waals surface area contributed by atoms with Crippen LogP contribution in [0.25, 0.3) is 0 Å². The number of aromatic nitrogens is 2. The van der Waals surface area contributed by atoms with Gasteiger partial charge in [-0.1, -0.05) is 12.1 Å². The monoisotopic (exact) mass is 399 g/mol. The third-order valence-corrected chi connectivity index (χ3v) is 5.54. The van der Waals surface area contributed by atoms with Crippen LogP contribution in [0.4, 0.5) is 16.0 Å². The molecule has 2 aliphatic heterocycles. The van der Waals surface area contributed by atoms with Gasteiger partial charge in [-0.25, -0.2) is 4.39 Å². The van der Waals surface area contributed by atoms with E-state index in [4.69, 9.17) is 4.74 Å². The van der Waals surface area contributed by atoms with E-state index in [0.717, 1.165) is 69.4 Å². The number of piperidine rings is 1. The molecule has 7 nitrogen and oxygen atoms in total. The summed E-state index contributed by atoms with van der Waals surface area (Å²) in [5.74, 6) is 1.52. The highest BCUT2D eigenvalue weighted by molar-refractivity contribution is 5.79. The van der Waals surface area contributed by atoms with Crippen molar-refractivity contribution < 1.29 is 13.9 Å². The number of rotatable bonds is 5. The van der Waals surface area contributed by atoms with Crippen molar-refractivity contribution in [3.05, 3.63) is 47.8 Å². The van der Waals surface area contributed by atoms with E-state index < -0.39 is 0 Å². The number of halogens is 1. The lowest BCUT2D eigenvalue weighted by atomic mass is 9.96. The second-order valence-electron chi connectivity index (χ2n) is 7.45. The Balaban J connectivity index is 1.25. The van der Waals surface area contributed by atoms with Gasteiger partial charge in [0.25, 0.3) is 0 Å². The van der Waals surface area contributed by atoms with Crippen molar-refractivity contribution in [2.24, 2.45) is 5.92 Å². The molecule has 2 aliphatic rings. The second-order valence-corrected chi connectivity index (χ2v) is 7.45. The van der Waals surface area contributed by atoms with Crippen molar-refractivity contribution in [3.8, 4) is 0 Å². The van der Waals surface area contributed by atoms with Crippen LogP contribution >= 0.6 is 0 Å². The maximum Gasteiger partial charge on any atom is 0.223 e. The number of hydrogen-bond donors (Lipinski definition) is 1. The van der Waals surface area contributed by atoms with Crippen LogP contribution in [0, 0.1) is 11.7 Å². The van der Waals surface area contributed by atoms with E-state index in [1.807, 2.05) is 12.1 Å². The van der Waals surface area contributed by atoms with Gasteiger partial charge in [-0.15, -0.1) is 10.2 Å². The Morgan fingerprint density at radius 1 is 0.966 bits per heavy atom. The fourth-order valence-electron chi connectivity index (χ4n) is 3.75. The molecule has 1 N–H and O–H groups in total. The third kappa shape index (κ3) is 5.00. The van der Waals surface area contributed by atoms with Crippen LogP contribution in [0.2, 0.25) is 0 Å². The summed E-state index contributed by atoms with van der Waals surface area (Å²) in [4.78, 5) is 16.8. The summed E-state index contributed by atoms with van der Waals surface area (Å²) >= 11 is 0. The molecule has 154 valence electrons. The molecule has 0 bridgehead atoms. The molecule has 2 aromatic rings. The molecule has 1 aromatic heterocycles. The summed E-state index contributed by atoms with van der Waals surface area (Å²) < 4.78 is 18.3. The summed E-state index contributed by atoms with van der Waals surface area (Å²) in [7, 11) is 0. The van der Waals surface area contributed by atoms with Crippen LogP contribution in [0.5, 0.6) is 0 Å². The zero-order valence-corrected chi connectivity index (χ0v) is 16.4. The first-order valence-electron chi connectivity index (χ1n) is 10.1. The molecule has 0 atom stereocenters. The van der Waals surface area contributed by atoms with E-state index in [2.05, 4.69) is 25.3 Å². The largest absolute Gasteiger partial charge is 0.378 e. The standard InChI is InChI=1S/C21H26FN5O2/c22-18-3-1-16(2-4-18)15-23-21(28)17-7-9-26(10-8-17)19-5-6-20(25-24-19)27-11-13-29-14-12-27/h1-6,17H,7-15H2,(H,23,28). The van der Waals surface area contributed by atoms with E-state index >= 15 is 0 Å². The fraction of sp³-hybridized carbons (Fsp3) is 0.476. The van der Waals surface area contributed by atoms with Crippen molar-refractivity contribution in [1.29, 1.82) is 0 Å². The number of nitrogens with one attached hydrogen (secondary N) is 1. The summed E-state index contributed by atoms with van der Waals surface area (Å²) in [5, 5.41) is 11.7. The number of hydrogen-bond acceptors (Lipinski definition) is 6. The molecule has 0 spiro atoms. The van der Waals surface area contributed by atoms with E-state index in [-0.39, 0.29) is 17.6 Å². The van der Waals surface area contributed by atoms with Crippen molar-refractivity contribution in [2.75, 3.05) is 49.2 Å². The zero-order valence-electron chi connectivity index (χ0n) is 16.4. The average molecular weight is 399 g/mol. The van der Waals surface area contributed by atoms with Gasteiger partial charge in [-0.2, -0.15) is 0 Å². The summed E-state index contributed by atoms with van der Waals surface area (Å²) in [5.41, 5.74) is 0.896. The summed E-state index contributed by atoms with van der Waals surface area (Å²) in [6.07, 6.45) is 1.56. The molecule has 1 amide bonds. The Morgan fingerprint density at radius 3 is 2.14 bits per heavy atom. The van der Waals surface area contributed by atoms with Crippen molar-refractivity contribution in [1.82, 2.24) is 15.5 Å². The number of carbonyl (C=O) groups is 1. The lowest BCUT2D eigenvalue weighted by Gasteiger charge is -2.32. The number of morpholine rings is 1. The molecule has 1 aromatic carbocycles. The lowest BCUT2D eigenvalue weighted by molar-refractivity contribution is -0.125. The first-order valence-corrected chi connectivity index (χ1v) is 10.1. The lowest BCUT2D eigenvalue weighted by Crippen LogP contribution is -2.41. The fourth-order valence-corrected chi connectivity index (χ4v) is 3.75. The highest BCUT2D eigenvalue weighted by atomic mass is 19.1. The Kier molecular flexibility index (Phi) is 6.19. The van der Waals surface area contributed by atoms with Crippen LogP contribution < -0.4 is 15.1 Å². The average Bonchev–Trinajstić information content (AvgIpc) is 2.79. The van der Waals surface area contributed by atoms with E-state index in [0.29, 0.717) is 6.54 Å². The quantitative estimate of drug-likeness (QED) is 0.829. The van der Waals surface area contributed by atoms with Crippen LogP contribution in [0.1, 0.15) is 18.4 Å². The van der Waals surface area contributed by atoms with Gasteiger partial charge < -0.3 is 19.9 Å². The first-order chi connectivity index (χ1) is 14.2. The van der Waals surface area contributed by atoms with E-state index in [1.165, 1.54) is 12.1 Å². The molecule has 0 radical (unpaired) electrons. The van der Waals surface area contributed by atoms with Crippen LogP contribution in [-0.4, -0.2) is 55.5 Å². The van der Waals surface area contributed by atoms with Gasteiger partial charge >= 0.3 is 0 Å². The minimum absolute atomic E-state index is 0.00715. The van der Waals surface area contributed by atoms with Crippen molar-refractivity contribution in [2.45, 2.75) is 19.4 Å². The maximum absolute atomic E-state index is 13.0. The Labute approximate surface area is 169 Å². The van der Waals surface area contributed by atoms with Gasteiger partial charge in [0.2, 0.25) is 5.91 Å². The van der Waals surface area contributed by atoms with Gasteiger partial charge in [0.15, 0.2) is 11.6 Å². The Bertz CT molecular complexity index is 801. The molecule has 0 unspecified atom stereocenters. The smallest absolute Gasteiger partial charge is 0.223 e. The normalized spacial score (nSPS) is 18.0. The summed E-state index contributed by atoms with van der Waals surface area (Å²) in [6.45, 7) is 5.10. The minimum atomic E-state index is -0.270. The summed E-state index contributed by atoms with van der Waals surface area (Å²) in [6, 6.07) is 10.2. The maximum atomic E-state index is 13.0. The van der Waals surface area contributed by atoms with Gasteiger partial charge in [-0.3, -0.25) is 4.79 Å². The number of nitrogens with zero attached hydrogens (tertiary/aromatic N) is 4. The van der Waals surface area contributed by atoms with Crippen LogP contribution in [0.15, 0.2) is 36.4 Å². The molecule has 2 saturated heterocycles. The van der Waals surface area contributed by atoms with Gasteiger partial charge in [0.05, 0.1) is 13.2 Å². The molecular weight excluding hydrogens is 373 g/mol. The van der Waals surface area contributed by atoms with Crippen LogP contribution in [0.3, 0.4) is 0 Å². The first kappa shape index (κ1) is 19.6. The zero-order chi connectivity index (χ0) is 20.1. The third-order valence-electron chi connectivity index (χ3n) is 5.54. The van der Waals surface area contributed by atoms with Gasteiger partial charge in [0, 0.05) is 38.6 Å². The molecule has 3 heterocycles. The number of benzene rings is 1. The molecule has 2 fully saturated rings. The highest BCUT2D eigenvalue weighted by Gasteiger charge is 2.26. The van der Waals surface area contributed by atoms with E-state index in [9.17, 15) is 9.18 Å².